The van der Waals surface area contributed by atoms with Gasteiger partial charge in [0.1, 0.15) is 0 Å². The molecule has 2 heterocycles. The quantitative estimate of drug-likeness (QED) is 0.596. The molecule has 2 aliphatic heterocycles. The molecule has 4 rings (SSSR count). The van der Waals surface area contributed by atoms with Crippen molar-refractivity contribution in [1.82, 2.24) is 5.32 Å². The summed E-state index contributed by atoms with van der Waals surface area (Å²) in [6.07, 6.45) is 0.794. The molecule has 0 aromatic carbocycles. The highest BCUT2D eigenvalue weighted by Gasteiger charge is 2.73. The zero-order valence-corrected chi connectivity index (χ0v) is 9.35. The molecule has 0 amide bonds. The summed E-state index contributed by atoms with van der Waals surface area (Å²) < 4.78 is 16.4. The monoisotopic (exact) mass is 231 g/mol. The lowest BCUT2D eigenvalue weighted by Crippen LogP contribution is -2.82. The molecule has 0 aromatic heterocycles. The molecule has 0 spiro atoms. The van der Waals surface area contributed by atoms with Gasteiger partial charge in [-0.25, -0.2) is 4.79 Å². The van der Waals surface area contributed by atoms with Gasteiger partial charge in [0.2, 0.25) is 0 Å². The minimum atomic E-state index is -1.68. The number of carbonyl (C=O) groups excluding carboxylic acids is 1. The molecule has 2 saturated carbocycles. The summed E-state index contributed by atoms with van der Waals surface area (Å²) >= 11 is 1.02. The van der Waals surface area contributed by atoms with Crippen LogP contribution >= 0.6 is 12.0 Å². The first-order valence-electron chi connectivity index (χ1n) is 5.45. The first kappa shape index (κ1) is 9.90. The van der Waals surface area contributed by atoms with Gasteiger partial charge in [0, 0.05) is 6.04 Å². The third-order valence-electron chi connectivity index (χ3n) is 4.60. The molecular weight excluding hydrogens is 217 g/mol. The van der Waals surface area contributed by atoms with E-state index in [-0.39, 0.29) is 5.25 Å². The van der Waals surface area contributed by atoms with Crippen LogP contribution in [0.4, 0.5) is 9.18 Å². The molecule has 5 heteroatoms. The van der Waals surface area contributed by atoms with Crippen LogP contribution in [0.2, 0.25) is 0 Å². The fourth-order valence-corrected chi connectivity index (χ4v) is 5.29. The average Bonchev–Trinajstić information content (AvgIpc) is 2.22. The van der Waals surface area contributed by atoms with Gasteiger partial charge in [-0.05, 0) is 36.6 Å². The van der Waals surface area contributed by atoms with Crippen LogP contribution < -0.4 is 5.32 Å². The second-order valence-corrected chi connectivity index (χ2v) is 5.75. The average molecular weight is 231 g/mol. The number of carbonyl (C=O) groups is 1. The van der Waals surface area contributed by atoms with Crippen molar-refractivity contribution in [2.24, 2.45) is 17.3 Å². The minimum absolute atomic E-state index is 0.275. The molecule has 1 N–H and O–H groups in total. The van der Waals surface area contributed by atoms with Crippen molar-refractivity contribution < 1.29 is 13.4 Å². The number of rotatable bonds is 3. The first-order chi connectivity index (χ1) is 7.19. The molecule has 4 aliphatic rings. The molecule has 5 atom stereocenters. The number of hydrogen-bond donors (Lipinski definition) is 1. The SMILES string of the molecule is CCC12CC3CNC1C(SOC(=O)F)C32. The Hall–Kier alpha value is -0.290. The summed E-state index contributed by atoms with van der Waals surface area (Å²) in [5, 5.41) is 3.75. The molecule has 2 aliphatic carbocycles. The number of fused-ring (bicyclic) bond motifs is 1. The largest absolute Gasteiger partial charge is 0.507 e. The van der Waals surface area contributed by atoms with Gasteiger partial charge in [-0.2, -0.15) is 0 Å². The maximum atomic E-state index is 12.0. The topological polar surface area (TPSA) is 38.3 Å². The highest BCUT2D eigenvalue weighted by Crippen LogP contribution is 2.71. The van der Waals surface area contributed by atoms with Crippen molar-refractivity contribution in [3.63, 3.8) is 0 Å². The molecule has 3 nitrogen and oxygen atoms in total. The van der Waals surface area contributed by atoms with Gasteiger partial charge < -0.3 is 9.50 Å². The number of nitrogens with one attached hydrogen (secondary N) is 1. The second-order valence-electron chi connectivity index (χ2n) is 4.84. The molecule has 5 unspecified atom stereocenters. The van der Waals surface area contributed by atoms with E-state index in [4.69, 9.17) is 0 Å². The fraction of sp³-hybridized carbons (Fsp3) is 0.900. The van der Waals surface area contributed by atoms with Gasteiger partial charge in [-0.1, -0.05) is 6.92 Å². The lowest BCUT2D eigenvalue weighted by molar-refractivity contribution is -0.195. The normalized spacial score (nSPS) is 50.3. The third kappa shape index (κ3) is 1.08. The molecule has 0 radical (unpaired) electrons. The van der Waals surface area contributed by atoms with Crippen molar-refractivity contribution in [3.05, 3.63) is 0 Å². The Kier molecular flexibility index (Phi) is 2.05. The number of halogens is 1. The van der Waals surface area contributed by atoms with E-state index in [1.54, 1.807) is 0 Å². The lowest BCUT2D eigenvalue weighted by atomic mass is 9.37. The van der Waals surface area contributed by atoms with E-state index in [0.29, 0.717) is 23.3 Å². The van der Waals surface area contributed by atoms with Crippen LogP contribution in [0.3, 0.4) is 0 Å². The molecular formula is C10H14FNO2S. The summed E-state index contributed by atoms with van der Waals surface area (Å²) in [5.41, 5.74) is 0.434. The molecule has 15 heavy (non-hydrogen) atoms. The summed E-state index contributed by atoms with van der Waals surface area (Å²) in [7, 11) is 0. The molecule has 4 bridgehead atoms. The van der Waals surface area contributed by atoms with Crippen LogP contribution in [0.25, 0.3) is 0 Å². The predicted molar refractivity (Wildman–Crippen MR) is 55.1 cm³/mol. The van der Waals surface area contributed by atoms with Crippen molar-refractivity contribution in [2.45, 2.75) is 31.1 Å². The van der Waals surface area contributed by atoms with E-state index < -0.39 is 6.22 Å². The van der Waals surface area contributed by atoms with Crippen molar-refractivity contribution in [3.8, 4) is 0 Å². The van der Waals surface area contributed by atoms with Gasteiger partial charge >= 0.3 is 6.22 Å². The number of piperidine rings is 3. The maximum Gasteiger partial charge on any atom is 0.507 e. The fourth-order valence-electron chi connectivity index (χ4n) is 4.01. The molecule has 0 aromatic rings. The molecule has 2 saturated heterocycles. The Balaban J connectivity index is 1.68. The van der Waals surface area contributed by atoms with Crippen LogP contribution in [-0.4, -0.2) is 24.1 Å². The van der Waals surface area contributed by atoms with Gasteiger partial charge in [-0.3, -0.25) is 0 Å². The van der Waals surface area contributed by atoms with E-state index >= 15 is 0 Å². The highest BCUT2D eigenvalue weighted by atomic mass is 32.2. The minimum Gasteiger partial charge on any atom is -0.365 e. The van der Waals surface area contributed by atoms with E-state index in [9.17, 15) is 9.18 Å². The Labute approximate surface area is 92.3 Å². The summed E-state index contributed by atoms with van der Waals surface area (Å²) in [6.45, 7) is 3.29. The zero-order valence-electron chi connectivity index (χ0n) is 8.53. The Morgan fingerprint density at radius 1 is 1.73 bits per heavy atom. The third-order valence-corrected chi connectivity index (χ3v) is 5.61. The van der Waals surface area contributed by atoms with Gasteiger partial charge in [0.25, 0.3) is 0 Å². The van der Waals surface area contributed by atoms with Crippen LogP contribution in [0.15, 0.2) is 0 Å². The Bertz CT molecular complexity index is 306. The standard InChI is InChI=1S/C10H14FNO2S/c1-2-10-3-5-4-12-8(10)7(6(5)10)15-14-9(11)13/h5-8,12H,2-4H2,1H3. The summed E-state index contributed by atoms with van der Waals surface area (Å²) in [4.78, 5) is 10.1. The zero-order chi connectivity index (χ0) is 10.6. The number of hydrogen-bond acceptors (Lipinski definition) is 4. The lowest BCUT2D eigenvalue weighted by Gasteiger charge is -2.75. The van der Waals surface area contributed by atoms with Crippen LogP contribution in [0, 0.1) is 17.3 Å². The van der Waals surface area contributed by atoms with Gasteiger partial charge in [-0.15, -0.1) is 4.39 Å². The molecule has 84 valence electrons. The van der Waals surface area contributed by atoms with E-state index in [0.717, 1.165) is 18.6 Å². The van der Waals surface area contributed by atoms with E-state index in [1.807, 2.05) is 0 Å². The van der Waals surface area contributed by atoms with Crippen molar-refractivity contribution in [1.29, 1.82) is 0 Å². The Morgan fingerprint density at radius 2 is 2.53 bits per heavy atom. The van der Waals surface area contributed by atoms with Crippen LogP contribution in [0.5, 0.6) is 0 Å². The van der Waals surface area contributed by atoms with Gasteiger partial charge in [0.05, 0.1) is 17.3 Å². The van der Waals surface area contributed by atoms with Crippen molar-refractivity contribution >= 4 is 18.3 Å². The second kappa shape index (κ2) is 3.10. The predicted octanol–water partition coefficient (Wildman–Crippen LogP) is 2.13. The van der Waals surface area contributed by atoms with E-state index in [2.05, 4.69) is 16.4 Å². The highest BCUT2D eigenvalue weighted by molar-refractivity contribution is 7.95. The summed E-state index contributed by atoms with van der Waals surface area (Å²) in [6, 6.07) is 0.418. The first-order valence-corrected chi connectivity index (χ1v) is 6.25. The van der Waals surface area contributed by atoms with Gasteiger partial charge in [0.15, 0.2) is 0 Å². The van der Waals surface area contributed by atoms with Crippen LogP contribution in [-0.2, 0) is 4.18 Å². The Morgan fingerprint density at radius 3 is 3.07 bits per heavy atom. The van der Waals surface area contributed by atoms with Crippen LogP contribution in [0.1, 0.15) is 19.8 Å². The smallest absolute Gasteiger partial charge is 0.365 e. The maximum absolute atomic E-state index is 12.0. The molecule has 4 fully saturated rings. The van der Waals surface area contributed by atoms with E-state index in [1.165, 1.54) is 12.8 Å². The summed E-state index contributed by atoms with van der Waals surface area (Å²) in [5.74, 6) is 1.35. The van der Waals surface area contributed by atoms with Crippen molar-refractivity contribution in [2.75, 3.05) is 6.54 Å².